The van der Waals surface area contributed by atoms with Crippen LogP contribution >= 0.6 is 0 Å². The summed E-state index contributed by atoms with van der Waals surface area (Å²) in [6.07, 6.45) is 2.74. The first-order chi connectivity index (χ1) is 14.0. The normalized spacial score (nSPS) is 19.4. The summed E-state index contributed by atoms with van der Waals surface area (Å²) in [6.45, 7) is 6.54. The van der Waals surface area contributed by atoms with Crippen molar-refractivity contribution in [2.45, 2.75) is 45.5 Å². The molecule has 5 nitrogen and oxygen atoms in total. The van der Waals surface area contributed by atoms with Crippen LogP contribution in [0.4, 0.5) is 5.69 Å². The van der Waals surface area contributed by atoms with Crippen molar-refractivity contribution in [1.29, 1.82) is 0 Å². The molecule has 0 aliphatic carbocycles. The molecule has 0 spiro atoms. The highest BCUT2D eigenvalue weighted by molar-refractivity contribution is 6.02. The Morgan fingerprint density at radius 2 is 1.86 bits per heavy atom. The van der Waals surface area contributed by atoms with Gasteiger partial charge in [0.2, 0.25) is 0 Å². The van der Waals surface area contributed by atoms with Gasteiger partial charge in [0.1, 0.15) is 17.2 Å². The summed E-state index contributed by atoms with van der Waals surface area (Å²) < 4.78 is 11.4. The van der Waals surface area contributed by atoms with Crippen LogP contribution in [-0.4, -0.2) is 16.9 Å². The maximum absolute atomic E-state index is 13.4. The first-order valence-electron chi connectivity index (χ1n) is 10.00. The lowest BCUT2D eigenvalue weighted by Gasteiger charge is -2.46. The van der Waals surface area contributed by atoms with Crippen molar-refractivity contribution in [2.24, 2.45) is 0 Å². The second-order valence-electron chi connectivity index (χ2n) is 7.57. The van der Waals surface area contributed by atoms with Gasteiger partial charge < -0.3 is 19.4 Å². The third-order valence-electron chi connectivity index (χ3n) is 5.54. The summed E-state index contributed by atoms with van der Waals surface area (Å²) >= 11 is 0. The van der Waals surface area contributed by atoms with Gasteiger partial charge in [0, 0.05) is 5.69 Å². The number of hydrogen-bond acceptors (Lipinski definition) is 4. The summed E-state index contributed by atoms with van der Waals surface area (Å²) in [4.78, 5) is 15.2. The highest BCUT2D eigenvalue weighted by Gasteiger charge is 2.42. The molecule has 29 heavy (non-hydrogen) atoms. The van der Waals surface area contributed by atoms with Gasteiger partial charge in [0.15, 0.2) is 0 Å². The van der Waals surface area contributed by atoms with Gasteiger partial charge in [0.05, 0.1) is 24.5 Å². The maximum Gasteiger partial charge on any atom is 0.258 e. The lowest BCUT2D eigenvalue weighted by Crippen LogP contribution is -2.55. The molecule has 2 aromatic carbocycles. The molecule has 0 radical (unpaired) electrons. The average Bonchev–Trinajstić information content (AvgIpc) is 3.25. The van der Waals surface area contributed by atoms with Gasteiger partial charge in [-0.05, 0) is 62.2 Å². The fraction of sp³-hybridized carbons (Fsp3) is 0.292. The molecule has 2 unspecified atom stereocenters. The molecule has 1 aliphatic heterocycles. The van der Waals surface area contributed by atoms with Crippen LogP contribution in [-0.2, 0) is 12.2 Å². The van der Waals surface area contributed by atoms with Crippen molar-refractivity contribution in [3.8, 4) is 5.75 Å². The number of furan rings is 1. The number of nitrogens with one attached hydrogen (secondary N) is 1. The lowest BCUT2D eigenvalue weighted by atomic mass is 9.93. The summed E-state index contributed by atoms with van der Waals surface area (Å²) in [7, 11) is 0. The predicted octanol–water partition coefficient (Wildman–Crippen LogP) is 5.40. The quantitative estimate of drug-likeness (QED) is 0.612. The molecular formula is C24H26N2O3. The molecule has 5 heteroatoms. The van der Waals surface area contributed by atoms with E-state index in [1.165, 1.54) is 0 Å². The zero-order valence-corrected chi connectivity index (χ0v) is 17.0. The van der Waals surface area contributed by atoms with E-state index in [2.05, 4.69) is 19.2 Å². The first-order valence-corrected chi connectivity index (χ1v) is 10.00. The topological polar surface area (TPSA) is 54.7 Å². The molecule has 0 fully saturated rings. The van der Waals surface area contributed by atoms with Gasteiger partial charge in [-0.2, -0.15) is 0 Å². The minimum atomic E-state index is -0.729. The number of anilines is 1. The molecule has 2 heterocycles. The van der Waals surface area contributed by atoms with Crippen LogP contribution in [0.15, 0.2) is 71.3 Å². The van der Waals surface area contributed by atoms with E-state index >= 15 is 0 Å². The Balaban J connectivity index is 1.72. The van der Waals surface area contributed by atoms with Crippen LogP contribution in [0.5, 0.6) is 5.75 Å². The Morgan fingerprint density at radius 3 is 2.55 bits per heavy atom. The van der Waals surface area contributed by atoms with Crippen LogP contribution in [0.2, 0.25) is 0 Å². The first kappa shape index (κ1) is 19.1. The number of hydrogen-bond donors (Lipinski definition) is 1. The lowest BCUT2D eigenvalue weighted by molar-refractivity contribution is 0.0487. The van der Waals surface area contributed by atoms with Gasteiger partial charge in [-0.25, -0.2) is 0 Å². The second kappa shape index (κ2) is 7.66. The van der Waals surface area contributed by atoms with Gasteiger partial charge in [0.25, 0.3) is 5.91 Å². The Kier molecular flexibility index (Phi) is 5.05. The fourth-order valence-electron chi connectivity index (χ4n) is 3.65. The minimum Gasteiger partial charge on any atom is -0.491 e. The standard InChI is InChI=1S/C24H26N2O3/c1-4-17(2)29-19-13-11-18(12-14-19)24(3)25-22-10-6-5-9-21(22)23(27)26(24)16-20-8-7-15-28-20/h5-15,17,25H,4,16H2,1-3H3. The third-order valence-corrected chi connectivity index (χ3v) is 5.54. The largest absolute Gasteiger partial charge is 0.491 e. The third kappa shape index (κ3) is 3.60. The molecule has 1 N–H and O–H groups in total. The Labute approximate surface area is 171 Å². The number of rotatable bonds is 6. The van der Waals surface area contributed by atoms with Gasteiger partial charge in [-0.1, -0.05) is 31.2 Å². The van der Waals surface area contributed by atoms with E-state index < -0.39 is 5.66 Å². The van der Waals surface area contributed by atoms with Gasteiger partial charge >= 0.3 is 0 Å². The number of benzene rings is 2. The molecular weight excluding hydrogens is 364 g/mol. The van der Waals surface area contributed by atoms with E-state index in [0.29, 0.717) is 12.1 Å². The minimum absolute atomic E-state index is 0.0295. The molecule has 3 aromatic rings. The molecule has 4 rings (SSSR count). The van der Waals surface area contributed by atoms with E-state index in [4.69, 9.17) is 9.15 Å². The Hall–Kier alpha value is -3.21. The summed E-state index contributed by atoms with van der Waals surface area (Å²) in [5.74, 6) is 1.53. The van der Waals surface area contributed by atoms with Gasteiger partial charge in [-0.15, -0.1) is 0 Å². The fourth-order valence-corrected chi connectivity index (χ4v) is 3.65. The highest BCUT2D eigenvalue weighted by Crippen LogP contribution is 2.39. The van der Waals surface area contributed by atoms with Crippen LogP contribution in [0, 0.1) is 0 Å². The monoisotopic (exact) mass is 390 g/mol. The van der Waals surface area contributed by atoms with Crippen molar-refractivity contribution in [3.05, 3.63) is 83.8 Å². The van der Waals surface area contributed by atoms with Crippen molar-refractivity contribution in [2.75, 3.05) is 5.32 Å². The molecule has 1 amide bonds. The summed E-state index contributed by atoms with van der Waals surface area (Å²) in [5, 5.41) is 3.58. The SMILES string of the molecule is CCC(C)Oc1ccc(C2(C)Nc3ccccc3C(=O)N2Cc2ccco2)cc1. The zero-order valence-electron chi connectivity index (χ0n) is 17.0. The van der Waals surface area contributed by atoms with Gasteiger partial charge in [-0.3, -0.25) is 4.79 Å². The van der Waals surface area contributed by atoms with Crippen LogP contribution in [0.1, 0.15) is 48.9 Å². The smallest absolute Gasteiger partial charge is 0.258 e. The van der Waals surface area contributed by atoms with E-state index in [1.54, 1.807) is 6.26 Å². The molecule has 1 aromatic heterocycles. The number of carbonyl (C=O) groups excluding carboxylic acids is 1. The van der Waals surface area contributed by atoms with Crippen molar-refractivity contribution < 1.29 is 13.9 Å². The summed E-state index contributed by atoms with van der Waals surface area (Å²) in [6, 6.07) is 19.3. The number of fused-ring (bicyclic) bond motifs is 1. The van der Waals surface area contributed by atoms with E-state index in [-0.39, 0.29) is 12.0 Å². The Bertz CT molecular complexity index is 982. The van der Waals surface area contributed by atoms with Crippen LogP contribution in [0.3, 0.4) is 0 Å². The van der Waals surface area contributed by atoms with Crippen molar-refractivity contribution in [3.63, 3.8) is 0 Å². The zero-order chi connectivity index (χ0) is 20.4. The van der Waals surface area contributed by atoms with E-state index in [9.17, 15) is 4.79 Å². The van der Waals surface area contributed by atoms with E-state index in [0.717, 1.165) is 29.2 Å². The number of nitrogens with zero attached hydrogens (tertiary/aromatic N) is 1. The average molecular weight is 390 g/mol. The number of para-hydroxylation sites is 1. The van der Waals surface area contributed by atoms with Crippen LogP contribution in [0.25, 0.3) is 0 Å². The van der Waals surface area contributed by atoms with Crippen LogP contribution < -0.4 is 10.1 Å². The molecule has 0 saturated carbocycles. The second-order valence-corrected chi connectivity index (χ2v) is 7.57. The number of ether oxygens (including phenoxy) is 1. The van der Waals surface area contributed by atoms with Crippen molar-refractivity contribution in [1.82, 2.24) is 4.90 Å². The highest BCUT2D eigenvalue weighted by atomic mass is 16.5. The molecule has 0 saturated heterocycles. The molecule has 150 valence electrons. The number of carbonyl (C=O) groups is 1. The molecule has 1 aliphatic rings. The van der Waals surface area contributed by atoms with Crippen molar-refractivity contribution >= 4 is 11.6 Å². The summed E-state index contributed by atoms with van der Waals surface area (Å²) in [5.41, 5.74) is 1.74. The maximum atomic E-state index is 13.4. The number of amides is 1. The molecule has 0 bridgehead atoms. The molecule has 2 atom stereocenters. The predicted molar refractivity (Wildman–Crippen MR) is 113 cm³/mol. The Morgan fingerprint density at radius 1 is 1.10 bits per heavy atom. The van der Waals surface area contributed by atoms with E-state index in [1.807, 2.05) is 72.5 Å².